The van der Waals surface area contributed by atoms with Crippen LogP contribution in [0, 0.1) is 39.9 Å². The van der Waals surface area contributed by atoms with Crippen molar-refractivity contribution < 1.29 is 19.8 Å². The highest BCUT2D eigenvalue weighted by molar-refractivity contribution is 5.75. The molecular weight excluding hydrogens is 304 g/mol. The third kappa shape index (κ3) is 1.91. The lowest BCUT2D eigenvalue weighted by molar-refractivity contribution is -0.181. The molecule has 0 amide bonds. The molecule has 0 aromatic carbocycles. The minimum Gasteiger partial charge on any atom is -0.481 e. The van der Waals surface area contributed by atoms with Gasteiger partial charge in [-0.2, -0.15) is 0 Å². The van der Waals surface area contributed by atoms with Crippen LogP contribution in [-0.4, -0.2) is 22.2 Å². The molecule has 24 heavy (non-hydrogen) atoms. The molecule has 0 aliphatic heterocycles. The van der Waals surface area contributed by atoms with Crippen molar-refractivity contribution in [3.05, 3.63) is 0 Å². The van der Waals surface area contributed by atoms with Gasteiger partial charge in [0, 0.05) is 0 Å². The average molecular weight is 334 g/mol. The average Bonchev–Trinajstić information content (AvgIpc) is 2.78. The van der Waals surface area contributed by atoms with Crippen LogP contribution < -0.4 is 0 Å². The van der Waals surface area contributed by atoms with Gasteiger partial charge in [-0.05, 0) is 86.9 Å². The van der Waals surface area contributed by atoms with E-state index < -0.39 is 17.4 Å². The molecule has 2 bridgehead atoms. The molecule has 2 N–H and O–H groups in total. The lowest BCUT2D eigenvalue weighted by atomic mass is 9.41. The van der Waals surface area contributed by atoms with Crippen molar-refractivity contribution >= 4 is 11.9 Å². The van der Waals surface area contributed by atoms with E-state index >= 15 is 0 Å². The number of hydrogen-bond acceptors (Lipinski definition) is 2. The van der Waals surface area contributed by atoms with Crippen LogP contribution in [0.2, 0.25) is 0 Å². The molecule has 4 saturated carbocycles. The van der Waals surface area contributed by atoms with Gasteiger partial charge < -0.3 is 10.2 Å². The molecule has 1 spiro atoms. The summed E-state index contributed by atoms with van der Waals surface area (Å²) >= 11 is 0. The maximum Gasteiger partial charge on any atom is 0.309 e. The van der Waals surface area contributed by atoms with Crippen molar-refractivity contribution in [2.45, 2.75) is 71.6 Å². The molecule has 4 aliphatic carbocycles. The summed E-state index contributed by atoms with van der Waals surface area (Å²) in [6.07, 6.45) is 8.96. The lowest BCUT2D eigenvalue weighted by Gasteiger charge is -2.63. The fourth-order valence-electron chi connectivity index (χ4n) is 7.99. The zero-order chi connectivity index (χ0) is 17.3. The molecule has 4 nitrogen and oxygen atoms in total. The third-order valence-corrected chi connectivity index (χ3v) is 8.94. The van der Waals surface area contributed by atoms with Crippen LogP contribution in [-0.2, 0) is 9.59 Å². The molecule has 4 aliphatic rings. The predicted molar refractivity (Wildman–Crippen MR) is 89.4 cm³/mol. The fourth-order valence-corrected chi connectivity index (χ4v) is 7.99. The van der Waals surface area contributed by atoms with Gasteiger partial charge in [-0.1, -0.05) is 13.3 Å². The van der Waals surface area contributed by atoms with Gasteiger partial charge in [-0.25, -0.2) is 0 Å². The first kappa shape index (κ1) is 16.4. The fraction of sp³-hybridized carbons (Fsp3) is 0.900. The molecule has 0 unspecified atom stereocenters. The van der Waals surface area contributed by atoms with E-state index in [9.17, 15) is 19.8 Å². The summed E-state index contributed by atoms with van der Waals surface area (Å²) in [6.45, 7) is 4.31. The molecule has 4 fully saturated rings. The molecule has 7 atom stereocenters. The van der Waals surface area contributed by atoms with Gasteiger partial charge in [-0.3, -0.25) is 9.59 Å². The Labute approximate surface area is 144 Å². The van der Waals surface area contributed by atoms with Crippen molar-refractivity contribution in [3.63, 3.8) is 0 Å². The molecule has 0 aromatic heterocycles. The maximum absolute atomic E-state index is 12.1. The highest BCUT2D eigenvalue weighted by atomic mass is 16.4. The smallest absolute Gasteiger partial charge is 0.309 e. The van der Waals surface area contributed by atoms with E-state index in [1.165, 1.54) is 0 Å². The van der Waals surface area contributed by atoms with E-state index in [1.54, 1.807) is 0 Å². The number of carboxylic acids is 2. The van der Waals surface area contributed by atoms with Crippen molar-refractivity contribution in [2.24, 2.45) is 39.9 Å². The minimum absolute atomic E-state index is 0.0714. The zero-order valence-electron chi connectivity index (χ0n) is 14.9. The Morgan fingerprint density at radius 2 is 1.67 bits per heavy atom. The van der Waals surface area contributed by atoms with Gasteiger partial charge in [0.15, 0.2) is 0 Å². The van der Waals surface area contributed by atoms with Crippen LogP contribution in [0.4, 0.5) is 0 Å². The molecule has 4 rings (SSSR count). The van der Waals surface area contributed by atoms with Gasteiger partial charge in [0.2, 0.25) is 0 Å². The molecular formula is C20H30O4. The van der Waals surface area contributed by atoms with E-state index in [2.05, 4.69) is 6.92 Å². The number of aliphatic carboxylic acids is 2. The number of carboxylic acid groups (broad SMARTS) is 2. The number of hydrogen-bond donors (Lipinski definition) is 2. The number of carbonyl (C=O) groups is 2. The summed E-state index contributed by atoms with van der Waals surface area (Å²) in [5, 5.41) is 19.5. The van der Waals surface area contributed by atoms with Crippen molar-refractivity contribution in [1.82, 2.24) is 0 Å². The summed E-state index contributed by atoms with van der Waals surface area (Å²) in [4.78, 5) is 23.7. The lowest BCUT2D eigenvalue weighted by Crippen LogP contribution is -2.58. The molecule has 0 saturated heterocycles. The van der Waals surface area contributed by atoms with Crippen molar-refractivity contribution in [2.75, 3.05) is 0 Å². The Kier molecular flexibility index (Phi) is 3.41. The monoisotopic (exact) mass is 334 g/mol. The van der Waals surface area contributed by atoms with Crippen LogP contribution in [0.1, 0.15) is 71.6 Å². The van der Waals surface area contributed by atoms with Crippen molar-refractivity contribution in [1.29, 1.82) is 0 Å². The van der Waals surface area contributed by atoms with Crippen LogP contribution >= 0.6 is 0 Å². The minimum atomic E-state index is -0.627. The Hall–Kier alpha value is -1.06. The van der Waals surface area contributed by atoms with E-state index in [4.69, 9.17) is 0 Å². The highest BCUT2D eigenvalue weighted by Gasteiger charge is 2.66. The molecule has 0 aromatic rings. The quantitative estimate of drug-likeness (QED) is 0.794. The Bertz CT molecular complexity index is 586. The van der Waals surface area contributed by atoms with Gasteiger partial charge in [0.1, 0.15) is 0 Å². The van der Waals surface area contributed by atoms with E-state index in [0.717, 1.165) is 57.8 Å². The first-order valence-corrected chi connectivity index (χ1v) is 9.69. The van der Waals surface area contributed by atoms with E-state index in [1.807, 2.05) is 6.92 Å². The second-order valence-corrected chi connectivity index (χ2v) is 9.78. The number of rotatable bonds is 2. The summed E-state index contributed by atoms with van der Waals surface area (Å²) in [5.41, 5.74) is -0.355. The second-order valence-electron chi connectivity index (χ2n) is 9.78. The van der Waals surface area contributed by atoms with Crippen LogP contribution in [0.3, 0.4) is 0 Å². The van der Waals surface area contributed by atoms with Crippen LogP contribution in [0.5, 0.6) is 0 Å². The molecule has 4 heteroatoms. The summed E-state index contributed by atoms with van der Waals surface area (Å²) < 4.78 is 0. The van der Waals surface area contributed by atoms with Gasteiger partial charge in [-0.15, -0.1) is 0 Å². The maximum atomic E-state index is 12.1. The topological polar surface area (TPSA) is 74.6 Å². The van der Waals surface area contributed by atoms with Crippen LogP contribution in [0.25, 0.3) is 0 Å². The summed E-state index contributed by atoms with van der Waals surface area (Å²) in [5.74, 6) is -0.282. The zero-order valence-corrected chi connectivity index (χ0v) is 14.9. The van der Waals surface area contributed by atoms with Gasteiger partial charge in [0.05, 0.1) is 11.3 Å². The summed E-state index contributed by atoms with van der Waals surface area (Å²) in [7, 11) is 0. The van der Waals surface area contributed by atoms with Gasteiger partial charge in [0.25, 0.3) is 0 Å². The van der Waals surface area contributed by atoms with Crippen LogP contribution in [0.15, 0.2) is 0 Å². The van der Waals surface area contributed by atoms with Gasteiger partial charge >= 0.3 is 11.9 Å². The SMILES string of the molecule is C[C@]12CCC[C@](C)(C(=O)O)[C@H]1CC[C@@]13C[C@H](CC[C@H]12)[C@@H](C(=O)O)C3. The molecule has 0 radical (unpaired) electrons. The van der Waals surface area contributed by atoms with Crippen molar-refractivity contribution in [3.8, 4) is 0 Å². The number of fused-ring (bicyclic) bond motifs is 3. The third-order valence-electron chi connectivity index (χ3n) is 8.94. The Morgan fingerprint density at radius 3 is 2.33 bits per heavy atom. The second kappa shape index (κ2) is 4.98. The molecule has 0 heterocycles. The highest BCUT2D eigenvalue weighted by Crippen LogP contribution is 2.72. The molecule has 134 valence electrons. The summed E-state index contributed by atoms with van der Waals surface area (Å²) in [6, 6.07) is 0. The first-order chi connectivity index (χ1) is 11.2. The normalized spacial score (nSPS) is 53.1. The van der Waals surface area contributed by atoms with E-state index in [-0.39, 0.29) is 22.7 Å². The van der Waals surface area contributed by atoms with E-state index in [0.29, 0.717) is 11.8 Å². The Morgan fingerprint density at radius 1 is 0.917 bits per heavy atom. The first-order valence-electron chi connectivity index (χ1n) is 9.69. The Balaban J connectivity index is 1.71. The standard InChI is InChI=1S/C20H30O4/c1-18-7-3-8-19(2,17(23)24)14(18)6-9-20-10-12(4-5-15(18)20)13(11-20)16(21)22/h12-15H,3-11H2,1-2H3,(H,21,22)(H,23,24)/t12-,13-,14-,15-,18-,19-,20-/m0/s1. The largest absolute Gasteiger partial charge is 0.481 e. The predicted octanol–water partition coefficient (Wildman–Crippen LogP) is 4.18.